The molecule has 0 bridgehead atoms. The van der Waals surface area contributed by atoms with Crippen LogP contribution in [0.25, 0.3) is 0 Å². The van der Waals surface area contributed by atoms with Crippen molar-refractivity contribution >= 4 is 12.1 Å². The van der Waals surface area contributed by atoms with Crippen LogP contribution in [0.2, 0.25) is 0 Å². The minimum Gasteiger partial charge on any atom is -0.364 e. The summed E-state index contributed by atoms with van der Waals surface area (Å²) in [5.74, 6) is 0.0755. The molecule has 0 aromatic carbocycles. The predicted octanol–water partition coefficient (Wildman–Crippen LogP) is -0.313. The largest absolute Gasteiger partial charge is 0.364 e. The van der Waals surface area contributed by atoms with Gasteiger partial charge in [0, 0.05) is 19.7 Å². The van der Waals surface area contributed by atoms with Crippen LogP contribution in [-0.2, 0) is 9.53 Å². The quantitative estimate of drug-likeness (QED) is 0.497. The molecule has 1 saturated heterocycles. The summed E-state index contributed by atoms with van der Waals surface area (Å²) >= 11 is 0. The van der Waals surface area contributed by atoms with Crippen molar-refractivity contribution in [2.24, 2.45) is 4.99 Å². The average molecular weight is 168 g/mol. The summed E-state index contributed by atoms with van der Waals surface area (Å²) in [4.78, 5) is 17.1. The number of rotatable bonds is 0. The Kier molecular flexibility index (Phi) is 1.84. The smallest absolute Gasteiger partial charge is 0.248 e. The van der Waals surface area contributed by atoms with Crippen LogP contribution in [0.15, 0.2) is 4.99 Å². The first-order valence-electron chi connectivity index (χ1n) is 4.14. The van der Waals surface area contributed by atoms with E-state index in [1.54, 1.807) is 4.90 Å². The first-order chi connectivity index (χ1) is 5.79. The molecule has 12 heavy (non-hydrogen) atoms. The first-order valence-corrected chi connectivity index (χ1v) is 4.14. The number of fused-ring (bicyclic) bond motifs is 1. The number of morpholine rings is 1. The van der Waals surface area contributed by atoms with Gasteiger partial charge in [0.15, 0.2) is 0 Å². The van der Waals surface area contributed by atoms with Crippen molar-refractivity contribution in [2.75, 3.05) is 20.2 Å². The normalized spacial score (nSPS) is 35.1. The fourth-order valence-corrected chi connectivity index (χ4v) is 1.67. The van der Waals surface area contributed by atoms with Crippen LogP contribution in [0, 0.1) is 0 Å². The Morgan fingerprint density at radius 2 is 2.58 bits per heavy atom. The molecule has 2 aliphatic heterocycles. The summed E-state index contributed by atoms with van der Waals surface area (Å²) in [6.07, 6.45) is 2.82. The molecule has 1 amide bonds. The fraction of sp³-hybridized carbons (Fsp3) is 0.750. The molecule has 2 atom stereocenters. The maximum absolute atomic E-state index is 11.2. The van der Waals surface area contributed by atoms with E-state index < -0.39 is 0 Å². The molecule has 0 aliphatic carbocycles. The van der Waals surface area contributed by atoms with Gasteiger partial charge in [0.25, 0.3) is 0 Å². The molecule has 0 N–H and O–H groups in total. The Bertz CT molecular complexity index is 227. The van der Waals surface area contributed by atoms with Gasteiger partial charge in [-0.1, -0.05) is 0 Å². The van der Waals surface area contributed by atoms with E-state index in [9.17, 15) is 4.79 Å². The third kappa shape index (κ3) is 1.12. The number of ether oxygens (including phenoxy) is 1. The van der Waals surface area contributed by atoms with Gasteiger partial charge in [0.2, 0.25) is 5.91 Å². The zero-order valence-electron chi connectivity index (χ0n) is 7.06. The van der Waals surface area contributed by atoms with Gasteiger partial charge in [-0.25, -0.2) is 0 Å². The number of amides is 1. The lowest BCUT2D eigenvalue weighted by molar-refractivity contribution is -0.153. The summed E-state index contributed by atoms with van der Waals surface area (Å²) in [6.45, 7) is 0.912. The van der Waals surface area contributed by atoms with E-state index in [1.807, 2.05) is 13.3 Å². The van der Waals surface area contributed by atoms with Crippen LogP contribution in [-0.4, -0.2) is 49.4 Å². The third-order valence-corrected chi connectivity index (χ3v) is 2.50. The molecule has 0 saturated carbocycles. The SMILES string of the molecule is CN1C(=O)COC2CN=CCC21. The first kappa shape index (κ1) is 7.73. The van der Waals surface area contributed by atoms with E-state index in [0.29, 0.717) is 6.54 Å². The van der Waals surface area contributed by atoms with Crippen LogP contribution in [0.1, 0.15) is 6.42 Å². The number of hydrogen-bond donors (Lipinski definition) is 0. The highest BCUT2D eigenvalue weighted by Gasteiger charge is 2.34. The Hall–Kier alpha value is -0.900. The molecular formula is C8H12N2O2. The molecule has 4 nitrogen and oxygen atoms in total. The monoisotopic (exact) mass is 168 g/mol. The van der Waals surface area contributed by atoms with Crippen LogP contribution in [0.5, 0.6) is 0 Å². The van der Waals surface area contributed by atoms with E-state index in [4.69, 9.17) is 4.74 Å². The Balaban J connectivity index is 2.14. The Labute approximate surface area is 71.2 Å². The van der Waals surface area contributed by atoms with Crippen molar-refractivity contribution in [1.29, 1.82) is 0 Å². The molecule has 0 spiro atoms. The van der Waals surface area contributed by atoms with Gasteiger partial charge in [-0.3, -0.25) is 9.79 Å². The number of likely N-dealkylation sites (N-methyl/N-ethyl adjacent to an activating group) is 1. The maximum Gasteiger partial charge on any atom is 0.248 e. The number of aliphatic imine (C=N–C) groups is 1. The second kappa shape index (κ2) is 2.86. The van der Waals surface area contributed by atoms with Gasteiger partial charge in [0.05, 0.1) is 18.7 Å². The van der Waals surface area contributed by atoms with Crippen molar-refractivity contribution in [3.8, 4) is 0 Å². The zero-order valence-corrected chi connectivity index (χ0v) is 7.06. The second-order valence-corrected chi connectivity index (χ2v) is 3.20. The summed E-state index contributed by atoms with van der Waals surface area (Å²) in [5, 5.41) is 0. The molecule has 2 aliphatic rings. The summed E-state index contributed by atoms with van der Waals surface area (Å²) in [5.41, 5.74) is 0. The molecule has 2 heterocycles. The highest BCUT2D eigenvalue weighted by molar-refractivity contribution is 5.79. The number of carbonyl (C=O) groups is 1. The van der Waals surface area contributed by atoms with Gasteiger partial charge in [-0.15, -0.1) is 0 Å². The third-order valence-electron chi connectivity index (χ3n) is 2.50. The predicted molar refractivity (Wildman–Crippen MR) is 44.3 cm³/mol. The average Bonchev–Trinajstić information content (AvgIpc) is 2.12. The van der Waals surface area contributed by atoms with Crippen LogP contribution < -0.4 is 0 Å². The van der Waals surface area contributed by atoms with Gasteiger partial charge in [-0.05, 0) is 0 Å². The molecule has 0 aromatic heterocycles. The second-order valence-electron chi connectivity index (χ2n) is 3.20. The molecular weight excluding hydrogens is 156 g/mol. The van der Waals surface area contributed by atoms with E-state index in [2.05, 4.69) is 4.99 Å². The standard InChI is InChI=1S/C8H12N2O2/c1-10-6-2-3-9-4-7(6)12-5-8(10)11/h3,6-7H,2,4-5H2,1H3. The fourth-order valence-electron chi connectivity index (χ4n) is 1.67. The van der Waals surface area contributed by atoms with Crippen molar-refractivity contribution in [3.63, 3.8) is 0 Å². The highest BCUT2D eigenvalue weighted by Crippen LogP contribution is 2.18. The molecule has 4 heteroatoms. The van der Waals surface area contributed by atoms with E-state index in [0.717, 1.165) is 6.42 Å². The minimum atomic E-state index is 0.0755. The van der Waals surface area contributed by atoms with Crippen LogP contribution >= 0.6 is 0 Å². The lowest BCUT2D eigenvalue weighted by atomic mass is 10.0. The Morgan fingerprint density at radius 1 is 1.75 bits per heavy atom. The van der Waals surface area contributed by atoms with Gasteiger partial charge >= 0.3 is 0 Å². The Morgan fingerprint density at radius 3 is 3.42 bits per heavy atom. The molecule has 2 rings (SSSR count). The van der Waals surface area contributed by atoms with Crippen LogP contribution in [0.3, 0.4) is 0 Å². The minimum absolute atomic E-state index is 0.0755. The van der Waals surface area contributed by atoms with Crippen molar-refractivity contribution in [2.45, 2.75) is 18.6 Å². The molecule has 0 aromatic rings. The number of carbonyl (C=O) groups excluding carboxylic acids is 1. The lowest BCUT2D eigenvalue weighted by Crippen LogP contribution is -2.54. The molecule has 0 radical (unpaired) electrons. The van der Waals surface area contributed by atoms with Crippen molar-refractivity contribution in [3.05, 3.63) is 0 Å². The molecule has 1 fully saturated rings. The van der Waals surface area contributed by atoms with Gasteiger partial charge in [0.1, 0.15) is 6.61 Å². The lowest BCUT2D eigenvalue weighted by Gasteiger charge is -2.39. The van der Waals surface area contributed by atoms with Gasteiger partial charge < -0.3 is 9.64 Å². The number of nitrogens with zero attached hydrogens (tertiary/aromatic N) is 2. The van der Waals surface area contributed by atoms with E-state index >= 15 is 0 Å². The maximum atomic E-state index is 11.2. The molecule has 66 valence electrons. The van der Waals surface area contributed by atoms with Gasteiger partial charge in [-0.2, -0.15) is 0 Å². The van der Waals surface area contributed by atoms with Crippen molar-refractivity contribution in [1.82, 2.24) is 4.90 Å². The highest BCUT2D eigenvalue weighted by atomic mass is 16.5. The van der Waals surface area contributed by atoms with E-state index in [-0.39, 0.29) is 24.7 Å². The summed E-state index contributed by atoms with van der Waals surface area (Å²) < 4.78 is 5.36. The number of hydrogen-bond acceptors (Lipinski definition) is 3. The van der Waals surface area contributed by atoms with E-state index in [1.165, 1.54) is 0 Å². The van der Waals surface area contributed by atoms with Crippen molar-refractivity contribution < 1.29 is 9.53 Å². The zero-order chi connectivity index (χ0) is 8.55. The topological polar surface area (TPSA) is 41.9 Å². The summed E-state index contributed by atoms with van der Waals surface area (Å²) in [6, 6.07) is 0.212. The molecule has 2 unspecified atom stereocenters. The summed E-state index contributed by atoms with van der Waals surface area (Å²) in [7, 11) is 1.84. The van der Waals surface area contributed by atoms with Crippen LogP contribution in [0.4, 0.5) is 0 Å².